The third-order valence-corrected chi connectivity index (χ3v) is 3.29. The van der Waals surface area contributed by atoms with Gasteiger partial charge >= 0.3 is 0 Å². The van der Waals surface area contributed by atoms with Gasteiger partial charge in [-0.3, -0.25) is 0 Å². The topological polar surface area (TPSA) is 21.3 Å². The van der Waals surface area contributed by atoms with E-state index in [2.05, 4.69) is 26.1 Å². The zero-order valence-corrected chi connectivity index (χ0v) is 9.55. The number of likely N-dealkylation sites (N-methyl/N-ethyl adjacent to an activating group) is 1. The standard InChI is InChI=1S/C11H23NO/c1-8-6-9(12-4)10(13-5)11(2,3)7-8/h8-10,12H,6-7H2,1-5H3. The molecule has 1 aliphatic rings. The Labute approximate surface area is 82.0 Å². The minimum absolute atomic E-state index is 0.306. The first kappa shape index (κ1) is 11.0. The normalized spacial score (nSPS) is 39.0. The quantitative estimate of drug-likeness (QED) is 0.711. The molecule has 0 spiro atoms. The first-order valence-corrected chi connectivity index (χ1v) is 5.21. The molecule has 2 nitrogen and oxygen atoms in total. The van der Waals surface area contributed by atoms with E-state index in [4.69, 9.17) is 4.74 Å². The maximum Gasteiger partial charge on any atom is 0.0775 e. The van der Waals surface area contributed by atoms with Crippen molar-refractivity contribution in [1.29, 1.82) is 0 Å². The minimum Gasteiger partial charge on any atom is -0.379 e. The summed E-state index contributed by atoms with van der Waals surface area (Å²) < 4.78 is 5.60. The summed E-state index contributed by atoms with van der Waals surface area (Å²) in [5.74, 6) is 0.804. The molecule has 0 aromatic carbocycles. The molecule has 0 aliphatic heterocycles. The number of nitrogens with one attached hydrogen (secondary N) is 1. The highest BCUT2D eigenvalue weighted by atomic mass is 16.5. The monoisotopic (exact) mass is 185 g/mol. The molecule has 78 valence electrons. The van der Waals surface area contributed by atoms with Gasteiger partial charge in [0, 0.05) is 13.2 Å². The summed E-state index contributed by atoms with van der Waals surface area (Å²) in [4.78, 5) is 0. The van der Waals surface area contributed by atoms with E-state index in [1.165, 1.54) is 12.8 Å². The molecule has 0 heterocycles. The summed E-state index contributed by atoms with van der Waals surface area (Å²) in [5, 5.41) is 3.37. The van der Waals surface area contributed by atoms with E-state index in [0.717, 1.165) is 5.92 Å². The van der Waals surface area contributed by atoms with Gasteiger partial charge in [-0.15, -0.1) is 0 Å². The Morgan fingerprint density at radius 1 is 1.38 bits per heavy atom. The second kappa shape index (κ2) is 3.97. The van der Waals surface area contributed by atoms with Crippen molar-refractivity contribution in [3.05, 3.63) is 0 Å². The van der Waals surface area contributed by atoms with Crippen molar-refractivity contribution >= 4 is 0 Å². The van der Waals surface area contributed by atoms with Gasteiger partial charge in [-0.1, -0.05) is 20.8 Å². The number of rotatable bonds is 2. The van der Waals surface area contributed by atoms with Crippen LogP contribution in [0.15, 0.2) is 0 Å². The Balaban J connectivity index is 2.74. The van der Waals surface area contributed by atoms with Crippen LogP contribution in [0.4, 0.5) is 0 Å². The summed E-state index contributed by atoms with van der Waals surface area (Å²) in [6.45, 7) is 6.94. The molecular formula is C11H23NO. The molecule has 2 heteroatoms. The van der Waals surface area contributed by atoms with Gasteiger partial charge in [-0.2, -0.15) is 0 Å². The van der Waals surface area contributed by atoms with Crippen LogP contribution in [0.3, 0.4) is 0 Å². The summed E-state index contributed by atoms with van der Waals surface area (Å²) in [7, 11) is 3.86. The van der Waals surface area contributed by atoms with Crippen molar-refractivity contribution in [2.24, 2.45) is 11.3 Å². The molecule has 0 radical (unpaired) electrons. The van der Waals surface area contributed by atoms with E-state index in [-0.39, 0.29) is 0 Å². The molecule has 3 atom stereocenters. The molecule has 0 aromatic heterocycles. The van der Waals surface area contributed by atoms with Crippen LogP contribution in [0.1, 0.15) is 33.6 Å². The summed E-state index contributed by atoms with van der Waals surface area (Å²) >= 11 is 0. The molecule has 3 unspecified atom stereocenters. The summed E-state index contributed by atoms with van der Waals surface area (Å²) in [6, 6.07) is 0.517. The lowest BCUT2D eigenvalue weighted by Crippen LogP contribution is -2.52. The van der Waals surface area contributed by atoms with Gasteiger partial charge < -0.3 is 10.1 Å². The zero-order valence-electron chi connectivity index (χ0n) is 9.55. The molecule has 1 aliphatic carbocycles. The van der Waals surface area contributed by atoms with E-state index in [0.29, 0.717) is 17.6 Å². The third kappa shape index (κ3) is 2.23. The number of ether oxygens (including phenoxy) is 1. The van der Waals surface area contributed by atoms with Crippen molar-refractivity contribution < 1.29 is 4.74 Å². The fourth-order valence-electron chi connectivity index (χ4n) is 2.95. The average Bonchev–Trinajstić information content (AvgIpc) is 2.01. The Kier molecular flexibility index (Phi) is 3.36. The Morgan fingerprint density at radius 3 is 2.46 bits per heavy atom. The predicted octanol–water partition coefficient (Wildman–Crippen LogP) is 2.05. The molecular weight excluding hydrogens is 162 g/mol. The van der Waals surface area contributed by atoms with Gasteiger partial charge in [0.1, 0.15) is 0 Å². The van der Waals surface area contributed by atoms with Crippen LogP contribution < -0.4 is 5.32 Å². The molecule has 1 saturated carbocycles. The van der Waals surface area contributed by atoms with Crippen LogP contribution in [-0.4, -0.2) is 26.3 Å². The van der Waals surface area contributed by atoms with E-state index < -0.39 is 0 Å². The van der Waals surface area contributed by atoms with Crippen LogP contribution in [0.25, 0.3) is 0 Å². The minimum atomic E-state index is 0.306. The van der Waals surface area contributed by atoms with Crippen LogP contribution in [0.2, 0.25) is 0 Å². The van der Waals surface area contributed by atoms with Gasteiger partial charge in [0.15, 0.2) is 0 Å². The van der Waals surface area contributed by atoms with E-state index >= 15 is 0 Å². The molecule has 0 amide bonds. The second-order valence-corrected chi connectivity index (χ2v) is 5.09. The van der Waals surface area contributed by atoms with E-state index in [1.54, 1.807) is 0 Å². The summed E-state index contributed by atoms with van der Waals surface area (Å²) in [5.41, 5.74) is 0.306. The van der Waals surface area contributed by atoms with Crippen molar-refractivity contribution in [3.8, 4) is 0 Å². The smallest absolute Gasteiger partial charge is 0.0775 e. The number of hydrogen-bond acceptors (Lipinski definition) is 2. The van der Waals surface area contributed by atoms with Crippen molar-refractivity contribution in [3.63, 3.8) is 0 Å². The lowest BCUT2D eigenvalue weighted by molar-refractivity contribution is -0.0573. The van der Waals surface area contributed by atoms with Gasteiger partial charge in [0.2, 0.25) is 0 Å². The molecule has 1 fully saturated rings. The molecule has 13 heavy (non-hydrogen) atoms. The molecule has 1 N–H and O–H groups in total. The van der Waals surface area contributed by atoms with Gasteiger partial charge in [0.05, 0.1) is 6.10 Å². The van der Waals surface area contributed by atoms with Gasteiger partial charge in [-0.25, -0.2) is 0 Å². The Hall–Kier alpha value is -0.0800. The zero-order chi connectivity index (χ0) is 10.1. The number of hydrogen-bond donors (Lipinski definition) is 1. The maximum absolute atomic E-state index is 5.60. The van der Waals surface area contributed by atoms with Crippen LogP contribution in [-0.2, 0) is 4.74 Å². The first-order valence-electron chi connectivity index (χ1n) is 5.21. The highest BCUT2D eigenvalue weighted by Crippen LogP contribution is 2.40. The highest BCUT2D eigenvalue weighted by Gasteiger charge is 2.41. The third-order valence-electron chi connectivity index (χ3n) is 3.29. The molecule has 1 rings (SSSR count). The van der Waals surface area contributed by atoms with Crippen molar-refractivity contribution in [2.45, 2.75) is 45.8 Å². The Morgan fingerprint density at radius 2 is 2.00 bits per heavy atom. The van der Waals surface area contributed by atoms with Crippen LogP contribution in [0.5, 0.6) is 0 Å². The van der Waals surface area contributed by atoms with Crippen LogP contribution >= 0.6 is 0 Å². The molecule has 0 bridgehead atoms. The highest BCUT2D eigenvalue weighted by molar-refractivity contribution is 4.94. The molecule has 0 aromatic rings. The molecule has 0 saturated heterocycles. The lowest BCUT2D eigenvalue weighted by Gasteiger charge is -2.45. The summed E-state index contributed by atoms with van der Waals surface area (Å²) in [6.07, 6.45) is 2.86. The SMILES string of the molecule is CNC1CC(C)CC(C)(C)C1OC. The number of methoxy groups -OCH3 is 1. The largest absolute Gasteiger partial charge is 0.379 e. The lowest BCUT2D eigenvalue weighted by atomic mass is 9.68. The second-order valence-electron chi connectivity index (χ2n) is 5.09. The van der Waals surface area contributed by atoms with Crippen molar-refractivity contribution in [2.75, 3.05) is 14.2 Å². The van der Waals surface area contributed by atoms with Crippen LogP contribution in [0, 0.1) is 11.3 Å². The van der Waals surface area contributed by atoms with Gasteiger partial charge in [0.25, 0.3) is 0 Å². The van der Waals surface area contributed by atoms with Gasteiger partial charge in [-0.05, 0) is 31.2 Å². The maximum atomic E-state index is 5.60. The average molecular weight is 185 g/mol. The van der Waals surface area contributed by atoms with E-state index in [9.17, 15) is 0 Å². The first-order chi connectivity index (χ1) is 6.01. The van der Waals surface area contributed by atoms with Crippen molar-refractivity contribution in [1.82, 2.24) is 5.32 Å². The predicted molar refractivity (Wildman–Crippen MR) is 55.8 cm³/mol. The fourth-order valence-corrected chi connectivity index (χ4v) is 2.95. The van der Waals surface area contributed by atoms with E-state index in [1.807, 2.05) is 14.2 Å². The Bertz CT molecular complexity index is 167. The fraction of sp³-hybridized carbons (Fsp3) is 1.00.